The molecule has 1 aromatic carbocycles. The molecule has 0 spiro atoms. The lowest BCUT2D eigenvalue weighted by Crippen LogP contribution is -2.52. The number of carboxylic acid groups (broad SMARTS) is 1. The summed E-state index contributed by atoms with van der Waals surface area (Å²) in [6.07, 6.45) is 2.78. The molecule has 2 heterocycles. The molecule has 1 aliphatic rings. The second-order valence-corrected chi connectivity index (χ2v) is 6.98. The maximum absolute atomic E-state index is 13.1. The Labute approximate surface area is 163 Å². The third kappa shape index (κ3) is 3.84. The van der Waals surface area contributed by atoms with Crippen molar-refractivity contribution < 1.29 is 24.2 Å². The van der Waals surface area contributed by atoms with Crippen LogP contribution in [0.2, 0.25) is 0 Å². The molecule has 0 saturated carbocycles. The van der Waals surface area contributed by atoms with Crippen molar-refractivity contribution in [1.82, 2.24) is 9.88 Å². The van der Waals surface area contributed by atoms with E-state index in [0.717, 1.165) is 0 Å². The zero-order valence-corrected chi connectivity index (χ0v) is 16.1. The predicted octanol–water partition coefficient (Wildman–Crippen LogP) is 2.71. The fraction of sp³-hybridized carbons (Fsp3) is 0.381. The number of rotatable bonds is 6. The van der Waals surface area contributed by atoms with E-state index >= 15 is 0 Å². The van der Waals surface area contributed by atoms with Crippen LogP contribution in [0.1, 0.15) is 23.2 Å². The minimum atomic E-state index is -1.07. The fourth-order valence-corrected chi connectivity index (χ4v) is 3.68. The summed E-state index contributed by atoms with van der Waals surface area (Å²) in [5.74, 6) is -0.523. The maximum atomic E-state index is 13.1. The van der Waals surface area contributed by atoms with Crippen LogP contribution < -0.4 is 4.74 Å². The van der Waals surface area contributed by atoms with Crippen molar-refractivity contribution in [2.75, 3.05) is 33.9 Å². The Morgan fingerprint density at radius 1 is 1.25 bits per heavy atom. The standard InChI is InChI=1S/C21H24N2O5/c1-27-14-21(20(25)26)9-5-11-23(13-21)19(24)15-7-8-18(28-2)16(12-15)17-6-3-4-10-22-17/h3-4,6-8,10,12H,5,9,11,13-14H2,1-2H3,(H,25,26). The van der Waals surface area contributed by atoms with Gasteiger partial charge in [-0.25, -0.2) is 0 Å². The molecule has 1 aliphatic heterocycles. The topological polar surface area (TPSA) is 89.0 Å². The van der Waals surface area contributed by atoms with Crippen molar-refractivity contribution in [2.24, 2.45) is 5.41 Å². The van der Waals surface area contributed by atoms with Crippen LogP contribution in [0.5, 0.6) is 5.75 Å². The predicted molar refractivity (Wildman–Crippen MR) is 103 cm³/mol. The molecule has 1 amide bonds. The quantitative estimate of drug-likeness (QED) is 0.824. The van der Waals surface area contributed by atoms with E-state index in [-0.39, 0.29) is 19.1 Å². The number of carboxylic acids is 1. The van der Waals surface area contributed by atoms with Crippen LogP contribution in [0, 0.1) is 5.41 Å². The molecule has 1 N–H and O–H groups in total. The zero-order valence-electron chi connectivity index (χ0n) is 16.1. The summed E-state index contributed by atoms with van der Waals surface area (Å²) in [5.41, 5.74) is 0.818. The number of pyridine rings is 1. The van der Waals surface area contributed by atoms with Gasteiger partial charge in [-0.3, -0.25) is 14.6 Å². The van der Waals surface area contributed by atoms with Gasteiger partial charge in [-0.1, -0.05) is 6.07 Å². The lowest BCUT2D eigenvalue weighted by Gasteiger charge is -2.39. The molecule has 7 nitrogen and oxygen atoms in total. The summed E-state index contributed by atoms with van der Waals surface area (Å²) < 4.78 is 10.6. The number of amides is 1. The van der Waals surface area contributed by atoms with Gasteiger partial charge >= 0.3 is 5.97 Å². The highest BCUT2D eigenvalue weighted by Crippen LogP contribution is 2.33. The molecule has 7 heteroatoms. The smallest absolute Gasteiger partial charge is 0.313 e. The second kappa shape index (κ2) is 8.39. The van der Waals surface area contributed by atoms with E-state index in [1.54, 1.807) is 36.4 Å². The van der Waals surface area contributed by atoms with Crippen molar-refractivity contribution >= 4 is 11.9 Å². The van der Waals surface area contributed by atoms with Gasteiger partial charge in [-0.05, 0) is 43.2 Å². The Hall–Kier alpha value is -2.93. The summed E-state index contributed by atoms with van der Waals surface area (Å²) in [5, 5.41) is 9.71. The van der Waals surface area contributed by atoms with Crippen molar-refractivity contribution in [3.63, 3.8) is 0 Å². The molecule has 1 saturated heterocycles. The van der Waals surface area contributed by atoms with E-state index < -0.39 is 11.4 Å². The summed E-state index contributed by atoms with van der Waals surface area (Å²) in [4.78, 5) is 30.9. The monoisotopic (exact) mass is 384 g/mol. The molecule has 1 atom stereocenters. The number of methoxy groups -OCH3 is 2. The molecule has 3 rings (SSSR count). The van der Waals surface area contributed by atoms with Gasteiger partial charge in [0.15, 0.2) is 0 Å². The Kier molecular flexibility index (Phi) is 5.94. The molecule has 1 unspecified atom stereocenters. The highest BCUT2D eigenvalue weighted by atomic mass is 16.5. The van der Waals surface area contributed by atoms with Crippen LogP contribution in [-0.2, 0) is 9.53 Å². The number of carbonyl (C=O) groups excluding carboxylic acids is 1. The number of nitrogens with zero attached hydrogens (tertiary/aromatic N) is 2. The highest BCUT2D eigenvalue weighted by Gasteiger charge is 2.44. The molecular weight excluding hydrogens is 360 g/mol. The molecule has 2 aromatic rings. The summed E-state index contributed by atoms with van der Waals surface area (Å²) in [7, 11) is 3.05. The molecule has 28 heavy (non-hydrogen) atoms. The summed E-state index contributed by atoms with van der Waals surface area (Å²) in [6.45, 7) is 0.719. The summed E-state index contributed by atoms with van der Waals surface area (Å²) in [6, 6.07) is 10.7. The lowest BCUT2D eigenvalue weighted by atomic mass is 9.80. The molecule has 0 radical (unpaired) electrons. The van der Waals surface area contributed by atoms with Gasteiger partial charge in [0.2, 0.25) is 0 Å². The largest absolute Gasteiger partial charge is 0.496 e. The minimum Gasteiger partial charge on any atom is -0.496 e. The van der Waals surface area contributed by atoms with Crippen LogP contribution in [0.4, 0.5) is 0 Å². The third-order valence-electron chi connectivity index (χ3n) is 5.13. The molecule has 148 valence electrons. The number of ether oxygens (including phenoxy) is 2. The van der Waals surface area contributed by atoms with Crippen LogP contribution in [0.25, 0.3) is 11.3 Å². The average molecular weight is 384 g/mol. The number of benzene rings is 1. The van der Waals surface area contributed by atoms with Crippen LogP contribution in [0.15, 0.2) is 42.6 Å². The van der Waals surface area contributed by atoms with Gasteiger partial charge in [-0.15, -0.1) is 0 Å². The van der Waals surface area contributed by atoms with Crippen molar-refractivity contribution in [3.05, 3.63) is 48.2 Å². The number of hydrogen-bond donors (Lipinski definition) is 1. The zero-order chi connectivity index (χ0) is 20.1. The van der Waals surface area contributed by atoms with Gasteiger partial charge in [0.25, 0.3) is 5.91 Å². The third-order valence-corrected chi connectivity index (χ3v) is 5.13. The van der Waals surface area contributed by atoms with Gasteiger partial charge in [0.05, 0.1) is 19.4 Å². The van der Waals surface area contributed by atoms with E-state index in [0.29, 0.717) is 42.0 Å². The van der Waals surface area contributed by atoms with E-state index in [1.165, 1.54) is 7.11 Å². The van der Waals surface area contributed by atoms with E-state index in [2.05, 4.69) is 4.98 Å². The first-order valence-electron chi connectivity index (χ1n) is 9.12. The van der Waals surface area contributed by atoms with Gasteiger partial charge < -0.3 is 19.5 Å². The Balaban J connectivity index is 1.91. The van der Waals surface area contributed by atoms with Crippen LogP contribution in [0.3, 0.4) is 0 Å². The first-order chi connectivity index (χ1) is 13.5. The van der Waals surface area contributed by atoms with Gasteiger partial charge in [0, 0.05) is 37.5 Å². The van der Waals surface area contributed by atoms with E-state index in [4.69, 9.17) is 9.47 Å². The number of carbonyl (C=O) groups is 2. The molecule has 1 aromatic heterocycles. The maximum Gasteiger partial charge on any atom is 0.313 e. The lowest BCUT2D eigenvalue weighted by molar-refractivity contribution is -0.155. The van der Waals surface area contributed by atoms with Crippen molar-refractivity contribution in [1.29, 1.82) is 0 Å². The molecule has 0 bridgehead atoms. The van der Waals surface area contributed by atoms with Crippen LogP contribution in [-0.4, -0.2) is 60.8 Å². The second-order valence-electron chi connectivity index (χ2n) is 6.98. The molecule has 1 fully saturated rings. The molecular formula is C21H24N2O5. The Bertz CT molecular complexity index is 851. The number of aliphatic carboxylic acids is 1. The fourth-order valence-electron chi connectivity index (χ4n) is 3.68. The minimum absolute atomic E-state index is 0.0773. The average Bonchev–Trinajstić information content (AvgIpc) is 2.73. The normalized spacial score (nSPS) is 19.3. The summed E-state index contributed by atoms with van der Waals surface area (Å²) >= 11 is 0. The first kappa shape index (κ1) is 19.8. The Morgan fingerprint density at radius 2 is 2.07 bits per heavy atom. The number of likely N-dealkylation sites (tertiary alicyclic amines) is 1. The first-order valence-corrected chi connectivity index (χ1v) is 9.12. The van der Waals surface area contributed by atoms with Gasteiger partial charge in [-0.2, -0.15) is 0 Å². The van der Waals surface area contributed by atoms with Crippen LogP contribution >= 0.6 is 0 Å². The highest BCUT2D eigenvalue weighted by molar-refractivity contribution is 5.96. The van der Waals surface area contributed by atoms with Gasteiger partial charge in [0.1, 0.15) is 11.2 Å². The number of aromatic nitrogens is 1. The van der Waals surface area contributed by atoms with Crippen molar-refractivity contribution in [2.45, 2.75) is 12.8 Å². The Morgan fingerprint density at radius 3 is 2.71 bits per heavy atom. The van der Waals surface area contributed by atoms with E-state index in [9.17, 15) is 14.7 Å². The van der Waals surface area contributed by atoms with Crippen molar-refractivity contribution in [3.8, 4) is 17.0 Å². The van der Waals surface area contributed by atoms with E-state index in [1.807, 2.05) is 18.2 Å². The number of hydrogen-bond acceptors (Lipinski definition) is 5. The number of piperidine rings is 1. The SMILES string of the molecule is COCC1(C(=O)O)CCCN(C(=O)c2ccc(OC)c(-c3ccccn3)c2)C1. The molecule has 0 aliphatic carbocycles.